The largest absolute Gasteiger partial charge is 0.497 e. The maximum absolute atomic E-state index is 11.8. The number of thioether (sulfide) groups is 1. The summed E-state index contributed by atoms with van der Waals surface area (Å²) in [6.07, 6.45) is 1.90. The number of nitrogens with one attached hydrogen (secondary N) is 1. The molecule has 0 saturated carbocycles. The van der Waals surface area contributed by atoms with Crippen LogP contribution in [-0.2, 0) is 17.0 Å². The molecular weight excluding hydrogens is 318 g/mol. The van der Waals surface area contributed by atoms with Crippen LogP contribution in [0.3, 0.4) is 0 Å². The molecule has 128 valence electrons. The van der Waals surface area contributed by atoms with Gasteiger partial charge in [-0.15, -0.1) is 11.8 Å². The molecule has 2 aromatic carbocycles. The smallest absolute Gasteiger partial charge is 0.230 e. The zero-order chi connectivity index (χ0) is 17.2. The zero-order valence-electron chi connectivity index (χ0n) is 14.4. The number of rotatable bonds is 9. The van der Waals surface area contributed by atoms with Crippen molar-refractivity contribution in [2.24, 2.45) is 0 Å². The summed E-state index contributed by atoms with van der Waals surface area (Å²) >= 11 is 1.65. The summed E-state index contributed by atoms with van der Waals surface area (Å²) in [6, 6.07) is 16.5. The summed E-state index contributed by atoms with van der Waals surface area (Å²) in [7, 11) is 1.67. The fraction of sp³-hybridized carbons (Fsp3) is 0.350. The van der Waals surface area contributed by atoms with Gasteiger partial charge in [0.2, 0.25) is 5.91 Å². The van der Waals surface area contributed by atoms with E-state index in [0.29, 0.717) is 5.75 Å². The number of hydrogen-bond acceptors (Lipinski definition) is 3. The Kier molecular flexibility index (Phi) is 7.69. The van der Waals surface area contributed by atoms with Crippen LogP contribution in [-0.4, -0.2) is 25.3 Å². The minimum Gasteiger partial charge on any atom is -0.497 e. The van der Waals surface area contributed by atoms with Gasteiger partial charge in [-0.05, 0) is 43.0 Å². The number of carbonyl (C=O) groups is 1. The van der Waals surface area contributed by atoms with Crippen LogP contribution in [0.2, 0.25) is 0 Å². The van der Waals surface area contributed by atoms with Gasteiger partial charge in [0.15, 0.2) is 0 Å². The lowest BCUT2D eigenvalue weighted by atomic mass is 10.1. The normalized spacial score (nSPS) is 10.4. The second kappa shape index (κ2) is 10.0. The molecule has 0 bridgehead atoms. The Hall–Kier alpha value is -1.94. The fourth-order valence-corrected chi connectivity index (χ4v) is 3.13. The van der Waals surface area contributed by atoms with Gasteiger partial charge in [-0.2, -0.15) is 0 Å². The lowest BCUT2D eigenvalue weighted by Crippen LogP contribution is -2.26. The third kappa shape index (κ3) is 6.67. The molecule has 0 spiro atoms. The molecule has 2 rings (SSSR count). The molecule has 0 aliphatic carbocycles. The number of methoxy groups -OCH3 is 1. The van der Waals surface area contributed by atoms with Gasteiger partial charge in [-0.25, -0.2) is 0 Å². The summed E-state index contributed by atoms with van der Waals surface area (Å²) in [4.78, 5) is 11.8. The predicted molar refractivity (Wildman–Crippen MR) is 102 cm³/mol. The molecule has 2 aromatic rings. The van der Waals surface area contributed by atoms with Crippen LogP contribution in [0.25, 0.3) is 0 Å². The van der Waals surface area contributed by atoms with Gasteiger partial charge < -0.3 is 10.1 Å². The molecule has 0 aliphatic rings. The number of benzene rings is 2. The van der Waals surface area contributed by atoms with Crippen LogP contribution in [0, 0.1) is 6.92 Å². The van der Waals surface area contributed by atoms with Crippen molar-refractivity contribution < 1.29 is 9.53 Å². The van der Waals surface area contributed by atoms with Gasteiger partial charge in [-0.1, -0.05) is 42.0 Å². The second-order valence-electron chi connectivity index (χ2n) is 5.78. The Morgan fingerprint density at radius 2 is 1.71 bits per heavy atom. The fourth-order valence-electron chi connectivity index (χ4n) is 2.31. The first kappa shape index (κ1) is 18.4. The maximum atomic E-state index is 11.8. The Bertz CT molecular complexity index is 623. The highest BCUT2D eigenvalue weighted by atomic mass is 32.2. The van der Waals surface area contributed by atoms with E-state index in [1.165, 1.54) is 16.7 Å². The molecule has 1 N–H and O–H groups in total. The first-order chi connectivity index (χ1) is 11.7. The van der Waals surface area contributed by atoms with Crippen molar-refractivity contribution >= 4 is 17.7 Å². The highest BCUT2D eigenvalue weighted by Crippen LogP contribution is 2.13. The van der Waals surface area contributed by atoms with E-state index in [4.69, 9.17) is 4.74 Å². The van der Waals surface area contributed by atoms with Gasteiger partial charge >= 0.3 is 0 Å². The number of ether oxygens (including phenoxy) is 1. The van der Waals surface area contributed by atoms with E-state index in [2.05, 4.69) is 48.6 Å². The van der Waals surface area contributed by atoms with Crippen molar-refractivity contribution in [2.45, 2.75) is 25.5 Å². The van der Waals surface area contributed by atoms with Crippen molar-refractivity contribution in [3.8, 4) is 5.75 Å². The van der Waals surface area contributed by atoms with E-state index in [1.807, 2.05) is 12.1 Å². The molecule has 1 amide bonds. The quantitative estimate of drug-likeness (QED) is 0.700. The van der Waals surface area contributed by atoms with Gasteiger partial charge in [0.05, 0.1) is 12.9 Å². The predicted octanol–water partition coefficient (Wildman–Crippen LogP) is 3.99. The van der Waals surface area contributed by atoms with Crippen LogP contribution in [0.1, 0.15) is 23.1 Å². The summed E-state index contributed by atoms with van der Waals surface area (Å²) in [5.41, 5.74) is 3.79. The van der Waals surface area contributed by atoms with Gasteiger partial charge in [0.1, 0.15) is 5.75 Å². The van der Waals surface area contributed by atoms with Crippen LogP contribution in [0.15, 0.2) is 48.5 Å². The summed E-state index contributed by atoms with van der Waals surface area (Å²) in [5, 5.41) is 2.99. The van der Waals surface area contributed by atoms with Crippen molar-refractivity contribution in [1.82, 2.24) is 5.32 Å². The van der Waals surface area contributed by atoms with Crippen molar-refractivity contribution in [3.63, 3.8) is 0 Å². The number of amides is 1. The average Bonchev–Trinajstić information content (AvgIpc) is 2.61. The van der Waals surface area contributed by atoms with Crippen LogP contribution < -0.4 is 10.1 Å². The molecule has 0 atom stereocenters. The van der Waals surface area contributed by atoms with E-state index in [-0.39, 0.29) is 5.91 Å². The first-order valence-corrected chi connectivity index (χ1v) is 9.36. The molecule has 4 heteroatoms. The molecule has 0 aliphatic heterocycles. The molecule has 0 saturated heterocycles. The molecular formula is C20H25NO2S. The molecule has 0 radical (unpaired) electrons. The number of carbonyl (C=O) groups excluding carboxylic acids is 1. The van der Waals surface area contributed by atoms with Crippen LogP contribution >= 0.6 is 11.8 Å². The minimum atomic E-state index is 0.113. The highest BCUT2D eigenvalue weighted by Gasteiger charge is 2.02. The lowest BCUT2D eigenvalue weighted by Gasteiger charge is -2.06. The molecule has 24 heavy (non-hydrogen) atoms. The Balaban J connectivity index is 1.56. The molecule has 0 heterocycles. The van der Waals surface area contributed by atoms with Gasteiger partial charge in [0.25, 0.3) is 0 Å². The van der Waals surface area contributed by atoms with E-state index in [1.54, 1.807) is 18.9 Å². The van der Waals surface area contributed by atoms with E-state index >= 15 is 0 Å². The molecule has 0 fully saturated rings. The lowest BCUT2D eigenvalue weighted by molar-refractivity contribution is -0.118. The standard InChI is InChI=1S/C20H25NO2S/c1-16-5-7-18(8-6-16)14-24-15-20(22)21-13-3-4-17-9-11-19(23-2)12-10-17/h5-12H,3-4,13-15H2,1-2H3,(H,21,22). The van der Waals surface area contributed by atoms with Crippen molar-refractivity contribution in [3.05, 3.63) is 65.2 Å². The summed E-state index contributed by atoms with van der Waals surface area (Å²) < 4.78 is 5.14. The molecule has 0 aromatic heterocycles. The third-order valence-corrected chi connectivity index (χ3v) is 4.75. The van der Waals surface area contributed by atoms with Crippen LogP contribution in [0.4, 0.5) is 0 Å². The maximum Gasteiger partial charge on any atom is 0.230 e. The number of hydrogen-bond donors (Lipinski definition) is 1. The number of aryl methyl sites for hydroxylation is 2. The van der Waals surface area contributed by atoms with Crippen molar-refractivity contribution in [1.29, 1.82) is 0 Å². The van der Waals surface area contributed by atoms with E-state index < -0.39 is 0 Å². The zero-order valence-corrected chi connectivity index (χ0v) is 15.2. The Morgan fingerprint density at radius 3 is 2.38 bits per heavy atom. The first-order valence-electron chi connectivity index (χ1n) is 8.20. The summed E-state index contributed by atoms with van der Waals surface area (Å²) in [6.45, 7) is 2.80. The SMILES string of the molecule is COc1ccc(CCCNC(=O)CSCc2ccc(C)cc2)cc1. The van der Waals surface area contributed by atoms with E-state index in [0.717, 1.165) is 30.9 Å². The summed E-state index contributed by atoms with van der Waals surface area (Å²) in [5.74, 6) is 2.37. The average molecular weight is 343 g/mol. The topological polar surface area (TPSA) is 38.3 Å². The Labute approximate surface area is 148 Å². The van der Waals surface area contributed by atoms with Crippen molar-refractivity contribution in [2.75, 3.05) is 19.4 Å². The third-order valence-electron chi connectivity index (χ3n) is 3.75. The molecule has 3 nitrogen and oxygen atoms in total. The Morgan fingerprint density at radius 1 is 1.04 bits per heavy atom. The highest BCUT2D eigenvalue weighted by molar-refractivity contribution is 7.99. The second-order valence-corrected chi connectivity index (χ2v) is 6.77. The van der Waals surface area contributed by atoms with Gasteiger partial charge in [-0.3, -0.25) is 4.79 Å². The van der Waals surface area contributed by atoms with E-state index in [9.17, 15) is 4.79 Å². The van der Waals surface area contributed by atoms with Gasteiger partial charge in [0, 0.05) is 12.3 Å². The van der Waals surface area contributed by atoms with Crippen LogP contribution in [0.5, 0.6) is 5.75 Å². The monoisotopic (exact) mass is 343 g/mol. The molecule has 0 unspecified atom stereocenters. The minimum absolute atomic E-state index is 0.113.